The van der Waals surface area contributed by atoms with Gasteiger partial charge in [0.2, 0.25) is 0 Å². The van der Waals surface area contributed by atoms with Gasteiger partial charge in [-0.15, -0.1) is 0 Å². The van der Waals surface area contributed by atoms with Gasteiger partial charge in [-0.2, -0.15) is 0 Å². The van der Waals surface area contributed by atoms with E-state index in [-0.39, 0.29) is 11.8 Å². The van der Waals surface area contributed by atoms with Gasteiger partial charge in [0.15, 0.2) is 6.23 Å². The highest BCUT2D eigenvalue weighted by molar-refractivity contribution is 7.80. The molecule has 0 amide bonds. The number of rotatable bonds is 3. The summed E-state index contributed by atoms with van der Waals surface area (Å²) < 4.78 is 10.2. The zero-order valence-electron chi connectivity index (χ0n) is 9.00. The van der Waals surface area contributed by atoms with E-state index in [1.807, 2.05) is 6.92 Å². The van der Waals surface area contributed by atoms with Gasteiger partial charge in [0, 0.05) is 0 Å². The Balaban J connectivity index is 2.39. The maximum Gasteiger partial charge on any atom is 0.258 e. The lowest BCUT2D eigenvalue weighted by atomic mass is 10.0. The van der Waals surface area contributed by atoms with E-state index in [0.717, 1.165) is 6.42 Å². The van der Waals surface area contributed by atoms with Crippen LogP contribution in [-0.4, -0.2) is 58.2 Å². The van der Waals surface area contributed by atoms with Gasteiger partial charge >= 0.3 is 0 Å². The summed E-state index contributed by atoms with van der Waals surface area (Å²) in [6, 6.07) is 0. The van der Waals surface area contributed by atoms with Crippen LogP contribution in [0.5, 0.6) is 0 Å². The Hall–Kier alpha value is -0.470. The molecule has 0 aromatic carbocycles. The lowest BCUT2D eigenvalue weighted by molar-refractivity contribution is -0.191. The second-order valence-corrected chi connectivity index (χ2v) is 3.95. The standard InChI is InChI=1S/C9H17NO5S/c1-2-3-14-9(16)10-8-7(13)6(12)5(11)4-15-8/h5-8,11-13H,2-4H2,1H3,(H,10,16)/t5-,6-,7+,8+/m1/s1. The first-order valence-electron chi connectivity index (χ1n) is 5.15. The molecule has 7 heteroatoms. The Morgan fingerprint density at radius 3 is 2.75 bits per heavy atom. The van der Waals surface area contributed by atoms with Gasteiger partial charge in [0.1, 0.15) is 18.3 Å². The van der Waals surface area contributed by atoms with Gasteiger partial charge < -0.3 is 30.1 Å². The maximum atomic E-state index is 9.57. The van der Waals surface area contributed by atoms with Crippen LogP contribution in [0.4, 0.5) is 0 Å². The van der Waals surface area contributed by atoms with Crippen LogP contribution >= 0.6 is 12.2 Å². The molecule has 0 unspecified atom stereocenters. The van der Waals surface area contributed by atoms with Crippen LogP contribution < -0.4 is 5.32 Å². The summed E-state index contributed by atoms with van der Waals surface area (Å²) in [5.41, 5.74) is 0. The van der Waals surface area contributed by atoms with Crippen LogP contribution in [0.3, 0.4) is 0 Å². The minimum atomic E-state index is -1.25. The molecular weight excluding hydrogens is 234 g/mol. The Labute approximate surface area is 99.2 Å². The summed E-state index contributed by atoms with van der Waals surface area (Å²) in [7, 11) is 0. The minimum absolute atomic E-state index is 0.0632. The fourth-order valence-electron chi connectivity index (χ4n) is 1.29. The van der Waals surface area contributed by atoms with Crippen LogP contribution in [0.1, 0.15) is 13.3 Å². The molecule has 94 valence electrons. The van der Waals surface area contributed by atoms with Crippen molar-refractivity contribution in [2.75, 3.05) is 13.2 Å². The van der Waals surface area contributed by atoms with Gasteiger partial charge in [-0.25, -0.2) is 0 Å². The molecule has 1 aliphatic heterocycles. The highest BCUT2D eigenvalue weighted by Gasteiger charge is 2.37. The maximum absolute atomic E-state index is 9.57. The van der Waals surface area contributed by atoms with Gasteiger partial charge in [0.25, 0.3) is 5.17 Å². The van der Waals surface area contributed by atoms with Crippen molar-refractivity contribution in [2.45, 2.75) is 37.9 Å². The number of thiocarbonyl (C=S) groups is 1. The molecule has 0 saturated carbocycles. The lowest BCUT2D eigenvalue weighted by Gasteiger charge is -2.35. The third-order valence-electron chi connectivity index (χ3n) is 2.20. The molecular formula is C9H17NO5S. The van der Waals surface area contributed by atoms with Gasteiger partial charge in [-0.05, 0) is 18.6 Å². The zero-order chi connectivity index (χ0) is 12.1. The third kappa shape index (κ3) is 3.53. The van der Waals surface area contributed by atoms with Crippen LogP contribution in [-0.2, 0) is 9.47 Å². The van der Waals surface area contributed by atoms with Crippen molar-refractivity contribution >= 4 is 17.4 Å². The topological polar surface area (TPSA) is 91.2 Å². The molecule has 16 heavy (non-hydrogen) atoms. The molecule has 0 aromatic rings. The summed E-state index contributed by atoms with van der Waals surface area (Å²) in [5.74, 6) is 0. The Morgan fingerprint density at radius 1 is 1.44 bits per heavy atom. The van der Waals surface area contributed by atoms with E-state index in [2.05, 4.69) is 5.32 Å². The monoisotopic (exact) mass is 251 g/mol. The zero-order valence-corrected chi connectivity index (χ0v) is 9.81. The second-order valence-electron chi connectivity index (χ2n) is 3.58. The molecule has 1 aliphatic rings. The SMILES string of the molecule is CCCOC(=S)N[C@H]1OC[C@@H](O)[C@@H](O)[C@@H]1O. The molecule has 4 N–H and O–H groups in total. The Kier molecular flexibility index (Phi) is 5.36. The largest absolute Gasteiger partial charge is 0.471 e. The van der Waals surface area contributed by atoms with E-state index in [4.69, 9.17) is 21.7 Å². The van der Waals surface area contributed by atoms with E-state index >= 15 is 0 Å². The van der Waals surface area contributed by atoms with Gasteiger partial charge in [0.05, 0.1) is 13.2 Å². The number of ether oxygens (including phenoxy) is 2. The molecule has 0 spiro atoms. The van der Waals surface area contributed by atoms with Crippen LogP contribution in [0, 0.1) is 0 Å². The lowest BCUT2D eigenvalue weighted by Crippen LogP contribution is -2.58. The molecule has 1 heterocycles. The summed E-state index contributed by atoms with van der Waals surface area (Å²) in [4.78, 5) is 0. The van der Waals surface area contributed by atoms with Gasteiger partial charge in [-0.3, -0.25) is 0 Å². The smallest absolute Gasteiger partial charge is 0.258 e. The average molecular weight is 251 g/mol. The normalized spacial score (nSPS) is 34.5. The number of hydrogen-bond acceptors (Lipinski definition) is 6. The first-order chi connectivity index (χ1) is 7.56. The van der Waals surface area contributed by atoms with Crippen molar-refractivity contribution in [3.8, 4) is 0 Å². The van der Waals surface area contributed by atoms with E-state index in [0.29, 0.717) is 6.61 Å². The van der Waals surface area contributed by atoms with Crippen LogP contribution in [0.2, 0.25) is 0 Å². The van der Waals surface area contributed by atoms with E-state index in [1.54, 1.807) is 0 Å². The third-order valence-corrected chi connectivity index (χ3v) is 2.43. The highest BCUT2D eigenvalue weighted by atomic mass is 32.1. The fourth-order valence-corrected chi connectivity index (χ4v) is 1.49. The molecule has 4 atom stereocenters. The predicted octanol–water partition coefficient (Wildman–Crippen LogP) is -1.27. The summed E-state index contributed by atoms with van der Waals surface area (Å²) >= 11 is 4.85. The number of aliphatic hydroxyl groups excluding tert-OH is 3. The van der Waals surface area contributed by atoms with Crippen molar-refractivity contribution in [2.24, 2.45) is 0 Å². The molecule has 1 saturated heterocycles. The van der Waals surface area contributed by atoms with E-state index in [9.17, 15) is 15.3 Å². The van der Waals surface area contributed by atoms with Crippen molar-refractivity contribution in [3.63, 3.8) is 0 Å². The summed E-state index contributed by atoms with van der Waals surface area (Å²) in [6.45, 7) is 2.35. The Morgan fingerprint density at radius 2 is 2.12 bits per heavy atom. The van der Waals surface area contributed by atoms with Crippen LogP contribution in [0.25, 0.3) is 0 Å². The van der Waals surface area contributed by atoms with E-state index in [1.165, 1.54) is 0 Å². The fraction of sp³-hybridized carbons (Fsp3) is 0.889. The molecule has 0 aliphatic carbocycles. The highest BCUT2D eigenvalue weighted by Crippen LogP contribution is 2.13. The first kappa shape index (κ1) is 13.6. The molecule has 6 nitrogen and oxygen atoms in total. The van der Waals surface area contributed by atoms with Crippen LogP contribution in [0.15, 0.2) is 0 Å². The molecule has 0 radical (unpaired) electrons. The van der Waals surface area contributed by atoms with Gasteiger partial charge in [-0.1, -0.05) is 6.92 Å². The molecule has 1 rings (SSSR count). The van der Waals surface area contributed by atoms with Crippen molar-refractivity contribution in [1.82, 2.24) is 5.32 Å². The average Bonchev–Trinajstić information content (AvgIpc) is 2.27. The molecule has 0 aromatic heterocycles. The minimum Gasteiger partial charge on any atom is -0.471 e. The van der Waals surface area contributed by atoms with Crippen molar-refractivity contribution in [1.29, 1.82) is 0 Å². The molecule has 0 bridgehead atoms. The second kappa shape index (κ2) is 6.31. The first-order valence-corrected chi connectivity index (χ1v) is 5.56. The Bertz CT molecular complexity index is 240. The number of aliphatic hydroxyl groups is 3. The van der Waals surface area contributed by atoms with E-state index < -0.39 is 24.5 Å². The number of hydrogen-bond donors (Lipinski definition) is 4. The molecule has 1 fully saturated rings. The predicted molar refractivity (Wildman–Crippen MR) is 59.7 cm³/mol. The van der Waals surface area contributed by atoms with Crippen molar-refractivity contribution in [3.05, 3.63) is 0 Å². The number of nitrogens with one attached hydrogen (secondary N) is 1. The quantitative estimate of drug-likeness (QED) is 0.465. The summed E-state index contributed by atoms with van der Waals surface area (Å²) in [5, 5.41) is 30.9. The summed E-state index contributed by atoms with van der Waals surface area (Å²) in [6.07, 6.45) is -3.62. The van der Waals surface area contributed by atoms with Crippen molar-refractivity contribution < 1.29 is 24.8 Å².